The highest BCUT2D eigenvalue weighted by Gasteiger charge is 2.32. The molecule has 2 aromatic rings. The number of hydrogen-bond donors (Lipinski definition) is 0. The molecule has 0 saturated carbocycles. The van der Waals surface area contributed by atoms with Gasteiger partial charge >= 0.3 is 0 Å². The number of sulfonamides is 1. The van der Waals surface area contributed by atoms with E-state index in [0.717, 1.165) is 15.6 Å². The molecule has 0 spiro atoms. The van der Waals surface area contributed by atoms with Crippen molar-refractivity contribution in [1.29, 1.82) is 0 Å². The lowest BCUT2D eigenvalue weighted by Gasteiger charge is -2.32. The summed E-state index contributed by atoms with van der Waals surface area (Å²) in [7, 11) is 1.51. The number of piperidine rings is 1. The van der Waals surface area contributed by atoms with Crippen molar-refractivity contribution in [3.05, 3.63) is 58.1 Å². The first-order valence-corrected chi connectivity index (χ1v) is 12.8. The van der Waals surface area contributed by atoms with Gasteiger partial charge in [-0.15, -0.1) is 0 Å². The van der Waals surface area contributed by atoms with Crippen LogP contribution in [-0.4, -0.2) is 57.9 Å². The number of amides is 1. The summed E-state index contributed by atoms with van der Waals surface area (Å²) in [5.41, 5.74) is 1.68. The molecule has 1 aliphatic heterocycles. The lowest BCUT2D eigenvalue weighted by molar-refractivity contribution is -0.135. The summed E-state index contributed by atoms with van der Waals surface area (Å²) in [6, 6.07) is 12.9. The maximum absolute atomic E-state index is 13.0. The zero-order valence-electron chi connectivity index (χ0n) is 18.6. The Bertz CT molecular complexity index is 1050. The van der Waals surface area contributed by atoms with Crippen LogP contribution in [-0.2, 0) is 27.1 Å². The molecular formula is C23H29BrN2O5S. The van der Waals surface area contributed by atoms with E-state index in [4.69, 9.17) is 9.47 Å². The molecule has 0 aromatic heterocycles. The van der Waals surface area contributed by atoms with E-state index < -0.39 is 10.0 Å². The topological polar surface area (TPSA) is 76.2 Å². The van der Waals surface area contributed by atoms with Crippen molar-refractivity contribution in [2.24, 2.45) is 5.92 Å². The number of halogens is 1. The first-order valence-electron chi connectivity index (χ1n) is 10.4. The summed E-state index contributed by atoms with van der Waals surface area (Å²) in [5.74, 6) is 1.07. The number of benzene rings is 2. The van der Waals surface area contributed by atoms with Crippen LogP contribution in [0.3, 0.4) is 0 Å². The molecule has 1 aliphatic rings. The van der Waals surface area contributed by atoms with E-state index in [-0.39, 0.29) is 17.6 Å². The maximum atomic E-state index is 13.0. The number of carbonyl (C=O) groups excluding carboxylic acids is 1. The van der Waals surface area contributed by atoms with Gasteiger partial charge in [0.25, 0.3) is 0 Å². The van der Waals surface area contributed by atoms with Gasteiger partial charge in [0.1, 0.15) is 0 Å². The SMILES string of the molecule is COc1ccc(CN(C)C(=O)C2CCN(S(=O)(=O)Cc3cccc(Br)c3)CC2)cc1OC. The van der Waals surface area contributed by atoms with Crippen LogP contribution in [0, 0.1) is 5.92 Å². The van der Waals surface area contributed by atoms with E-state index in [0.29, 0.717) is 44.0 Å². The van der Waals surface area contributed by atoms with Gasteiger partial charge in [-0.2, -0.15) is 0 Å². The van der Waals surface area contributed by atoms with E-state index in [9.17, 15) is 13.2 Å². The normalized spacial score (nSPS) is 15.4. The quantitative estimate of drug-likeness (QED) is 0.526. The number of nitrogens with zero attached hydrogens (tertiary/aromatic N) is 2. The van der Waals surface area contributed by atoms with Crippen LogP contribution in [0.2, 0.25) is 0 Å². The lowest BCUT2D eigenvalue weighted by atomic mass is 9.96. The van der Waals surface area contributed by atoms with Crippen molar-refractivity contribution in [3.63, 3.8) is 0 Å². The van der Waals surface area contributed by atoms with Crippen LogP contribution in [0.4, 0.5) is 0 Å². The number of methoxy groups -OCH3 is 2. The van der Waals surface area contributed by atoms with E-state index in [1.807, 2.05) is 42.5 Å². The van der Waals surface area contributed by atoms with Crippen LogP contribution < -0.4 is 9.47 Å². The molecule has 174 valence electrons. The molecule has 1 amide bonds. The fourth-order valence-corrected chi connectivity index (χ4v) is 5.95. The van der Waals surface area contributed by atoms with Crippen LogP contribution in [0.25, 0.3) is 0 Å². The molecule has 0 N–H and O–H groups in total. The predicted molar refractivity (Wildman–Crippen MR) is 127 cm³/mol. The smallest absolute Gasteiger partial charge is 0.225 e. The fraction of sp³-hybridized carbons (Fsp3) is 0.435. The van der Waals surface area contributed by atoms with E-state index in [1.54, 1.807) is 26.2 Å². The van der Waals surface area contributed by atoms with Crippen molar-refractivity contribution in [3.8, 4) is 11.5 Å². The van der Waals surface area contributed by atoms with E-state index >= 15 is 0 Å². The molecule has 1 heterocycles. The van der Waals surface area contributed by atoms with Gasteiger partial charge in [-0.25, -0.2) is 12.7 Å². The third-order valence-electron chi connectivity index (χ3n) is 5.68. The molecule has 0 aliphatic carbocycles. The predicted octanol–water partition coefficient (Wildman–Crippen LogP) is 3.67. The number of carbonyl (C=O) groups is 1. The maximum Gasteiger partial charge on any atom is 0.225 e. The lowest BCUT2D eigenvalue weighted by Crippen LogP contribution is -2.43. The van der Waals surface area contributed by atoms with Crippen molar-refractivity contribution in [2.45, 2.75) is 25.1 Å². The first-order chi connectivity index (χ1) is 15.2. The van der Waals surface area contributed by atoms with E-state index in [1.165, 1.54) is 4.31 Å². The largest absolute Gasteiger partial charge is 0.493 e. The Labute approximate surface area is 198 Å². The summed E-state index contributed by atoms with van der Waals surface area (Å²) in [5, 5.41) is 0. The van der Waals surface area contributed by atoms with Gasteiger partial charge in [0, 0.05) is 37.1 Å². The second-order valence-corrected chi connectivity index (χ2v) is 10.8. The molecule has 32 heavy (non-hydrogen) atoms. The molecular weight excluding hydrogens is 496 g/mol. The molecule has 1 fully saturated rings. The zero-order valence-corrected chi connectivity index (χ0v) is 21.0. The Hall–Kier alpha value is -2.10. The fourth-order valence-electron chi connectivity index (χ4n) is 3.95. The number of ether oxygens (including phenoxy) is 2. The minimum atomic E-state index is -3.42. The summed E-state index contributed by atoms with van der Waals surface area (Å²) in [4.78, 5) is 14.7. The molecule has 2 aromatic carbocycles. The standard InChI is InChI=1S/C23H29BrN2O5S/c1-25(15-17-7-8-21(30-2)22(14-17)31-3)23(27)19-9-11-26(12-10-19)32(28,29)16-18-5-4-6-20(24)13-18/h4-8,13-14,19H,9-12,15-16H2,1-3H3. The van der Waals surface area contributed by atoms with Gasteiger partial charge in [-0.1, -0.05) is 34.1 Å². The minimum Gasteiger partial charge on any atom is -0.493 e. The summed E-state index contributed by atoms with van der Waals surface area (Å²) >= 11 is 3.38. The van der Waals surface area contributed by atoms with Gasteiger partial charge in [-0.3, -0.25) is 4.79 Å². The molecule has 1 saturated heterocycles. The van der Waals surface area contributed by atoms with Gasteiger partial charge in [-0.05, 0) is 48.2 Å². The minimum absolute atomic E-state index is 0.0313. The van der Waals surface area contributed by atoms with Gasteiger partial charge in [0.15, 0.2) is 11.5 Å². The Morgan fingerprint density at radius 3 is 2.38 bits per heavy atom. The molecule has 0 atom stereocenters. The summed E-state index contributed by atoms with van der Waals surface area (Å²) in [6.07, 6.45) is 1.04. The van der Waals surface area contributed by atoms with Crippen LogP contribution in [0.1, 0.15) is 24.0 Å². The highest BCUT2D eigenvalue weighted by Crippen LogP contribution is 2.29. The highest BCUT2D eigenvalue weighted by molar-refractivity contribution is 9.10. The van der Waals surface area contributed by atoms with Crippen LogP contribution >= 0.6 is 15.9 Å². The average molecular weight is 525 g/mol. The number of hydrogen-bond acceptors (Lipinski definition) is 5. The molecule has 9 heteroatoms. The molecule has 0 radical (unpaired) electrons. The summed E-state index contributed by atoms with van der Waals surface area (Å²) in [6.45, 7) is 1.16. The van der Waals surface area contributed by atoms with Crippen molar-refractivity contribution >= 4 is 31.9 Å². The van der Waals surface area contributed by atoms with Crippen molar-refractivity contribution < 1.29 is 22.7 Å². The monoisotopic (exact) mass is 524 g/mol. The third-order valence-corrected chi connectivity index (χ3v) is 8.02. The molecule has 3 rings (SSSR count). The Morgan fingerprint density at radius 1 is 1.06 bits per heavy atom. The Balaban J connectivity index is 1.56. The molecule has 7 nitrogen and oxygen atoms in total. The van der Waals surface area contributed by atoms with Crippen molar-refractivity contribution in [2.75, 3.05) is 34.4 Å². The average Bonchev–Trinajstić information content (AvgIpc) is 2.78. The summed E-state index contributed by atoms with van der Waals surface area (Å²) < 4.78 is 38.6. The Kier molecular flexibility index (Phi) is 8.19. The Morgan fingerprint density at radius 2 is 1.75 bits per heavy atom. The van der Waals surface area contributed by atoms with E-state index in [2.05, 4.69) is 15.9 Å². The van der Waals surface area contributed by atoms with Gasteiger partial charge < -0.3 is 14.4 Å². The van der Waals surface area contributed by atoms with Crippen LogP contribution in [0.5, 0.6) is 11.5 Å². The van der Waals surface area contributed by atoms with Gasteiger partial charge in [0.05, 0.1) is 20.0 Å². The van der Waals surface area contributed by atoms with Crippen LogP contribution in [0.15, 0.2) is 46.9 Å². The molecule has 0 bridgehead atoms. The highest BCUT2D eigenvalue weighted by atomic mass is 79.9. The zero-order chi connectivity index (χ0) is 23.3. The van der Waals surface area contributed by atoms with Crippen molar-refractivity contribution in [1.82, 2.24) is 9.21 Å². The first kappa shape index (κ1) is 24.5. The molecule has 0 unspecified atom stereocenters. The number of rotatable bonds is 8. The second-order valence-electron chi connectivity index (χ2n) is 7.94. The second kappa shape index (κ2) is 10.7. The van der Waals surface area contributed by atoms with Gasteiger partial charge in [0.2, 0.25) is 15.9 Å². The third kappa shape index (κ3) is 6.02.